The van der Waals surface area contributed by atoms with Crippen LogP contribution in [0.1, 0.15) is 43.9 Å². The Morgan fingerprint density at radius 2 is 2.05 bits per heavy atom. The van der Waals surface area contributed by atoms with Gasteiger partial charge in [-0.25, -0.2) is 0 Å². The Morgan fingerprint density at radius 1 is 1.35 bits per heavy atom. The van der Waals surface area contributed by atoms with Gasteiger partial charge in [-0.3, -0.25) is 4.90 Å². The van der Waals surface area contributed by atoms with Gasteiger partial charge >= 0.3 is 6.18 Å². The molecule has 2 nitrogen and oxygen atoms in total. The predicted octanol–water partition coefficient (Wildman–Crippen LogP) is 4.04. The van der Waals surface area contributed by atoms with E-state index in [0.717, 1.165) is 30.4 Å². The van der Waals surface area contributed by atoms with Gasteiger partial charge in [0, 0.05) is 12.1 Å². The largest absolute Gasteiger partial charge is 0.508 e. The van der Waals surface area contributed by atoms with E-state index < -0.39 is 12.7 Å². The first kappa shape index (κ1) is 15.2. The Morgan fingerprint density at radius 3 is 2.65 bits per heavy atom. The molecule has 1 aliphatic rings. The summed E-state index contributed by atoms with van der Waals surface area (Å²) in [6.07, 6.45) is -1.80. The molecule has 1 unspecified atom stereocenters. The van der Waals surface area contributed by atoms with Crippen LogP contribution in [0.5, 0.6) is 5.75 Å². The first-order valence-corrected chi connectivity index (χ1v) is 6.92. The highest BCUT2D eigenvalue weighted by atomic mass is 19.4. The highest BCUT2D eigenvalue weighted by Crippen LogP contribution is 2.38. The van der Waals surface area contributed by atoms with Gasteiger partial charge in [-0.2, -0.15) is 13.2 Å². The number of halogens is 3. The summed E-state index contributed by atoms with van der Waals surface area (Å²) in [5.41, 5.74) is 1.89. The molecule has 0 amide bonds. The van der Waals surface area contributed by atoms with Gasteiger partial charge in [0.1, 0.15) is 5.75 Å². The molecule has 0 spiro atoms. The monoisotopic (exact) mass is 287 g/mol. The number of fused-ring (bicyclic) bond motifs is 1. The van der Waals surface area contributed by atoms with E-state index in [0.29, 0.717) is 0 Å². The lowest BCUT2D eigenvalue weighted by molar-refractivity contribution is -0.156. The van der Waals surface area contributed by atoms with E-state index in [4.69, 9.17) is 0 Å². The molecule has 0 aliphatic heterocycles. The van der Waals surface area contributed by atoms with E-state index in [9.17, 15) is 18.3 Å². The van der Waals surface area contributed by atoms with Crippen LogP contribution in [0, 0.1) is 0 Å². The van der Waals surface area contributed by atoms with E-state index in [2.05, 4.69) is 0 Å². The standard InChI is InChI=1S/C15H20F3NO/c1-10(2)19(9-15(16,17)18)14-5-3-4-11-8-12(20)6-7-13(11)14/h6-8,10,14,20H,3-5,9H2,1-2H3. The van der Waals surface area contributed by atoms with Gasteiger partial charge in [-0.05, 0) is 56.4 Å². The number of aromatic hydroxyl groups is 1. The topological polar surface area (TPSA) is 23.5 Å². The molecule has 0 heterocycles. The van der Waals surface area contributed by atoms with Crippen molar-refractivity contribution in [3.05, 3.63) is 29.3 Å². The maximum Gasteiger partial charge on any atom is 0.401 e. The quantitative estimate of drug-likeness (QED) is 0.907. The van der Waals surface area contributed by atoms with Crippen LogP contribution < -0.4 is 0 Å². The normalized spacial score (nSPS) is 19.4. The molecule has 0 radical (unpaired) electrons. The zero-order valence-electron chi connectivity index (χ0n) is 11.7. The second kappa shape index (κ2) is 5.64. The molecule has 1 aliphatic carbocycles. The number of alkyl halides is 3. The van der Waals surface area contributed by atoms with Crippen LogP contribution in [-0.4, -0.2) is 28.8 Å². The molecule has 5 heteroatoms. The third kappa shape index (κ3) is 3.45. The van der Waals surface area contributed by atoms with Gasteiger partial charge in [0.2, 0.25) is 0 Å². The highest BCUT2D eigenvalue weighted by molar-refractivity contribution is 5.38. The van der Waals surface area contributed by atoms with Gasteiger partial charge in [-0.15, -0.1) is 0 Å². The van der Waals surface area contributed by atoms with Gasteiger partial charge < -0.3 is 5.11 Å². The fraction of sp³-hybridized carbons (Fsp3) is 0.600. The van der Waals surface area contributed by atoms with Gasteiger partial charge in [0.15, 0.2) is 0 Å². The summed E-state index contributed by atoms with van der Waals surface area (Å²) in [5.74, 6) is 0.177. The maximum atomic E-state index is 12.8. The molecule has 112 valence electrons. The number of rotatable bonds is 3. The maximum absolute atomic E-state index is 12.8. The predicted molar refractivity (Wildman–Crippen MR) is 71.7 cm³/mol. The number of benzene rings is 1. The molecular formula is C15H20F3NO. The SMILES string of the molecule is CC(C)N(CC(F)(F)F)C1CCCc2cc(O)ccc21. The van der Waals surface area contributed by atoms with Crippen molar-refractivity contribution in [2.24, 2.45) is 0 Å². The van der Waals surface area contributed by atoms with E-state index in [1.165, 1.54) is 4.90 Å². The minimum atomic E-state index is -4.20. The summed E-state index contributed by atoms with van der Waals surface area (Å²) in [6, 6.07) is 4.60. The average molecular weight is 287 g/mol. The van der Waals surface area contributed by atoms with Crippen molar-refractivity contribution in [1.29, 1.82) is 0 Å². The van der Waals surface area contributed by atoms with E-state index in [1.54, 1.807) is 32.0 Å². The summed E-state index contributed by atoms with van der Waals surface area (Å²) in [6.45, 7) is 2.69. The summed E-state index contributed by atoms with van der Waals surface area (Å²) in [7, 11) is 0. The zero-order valence-corrected chi connectivity index (χ0v) is 11.7. The minimum absolute atomic E-state index is 0.177. The average Bonchev–Trinajstić information content (AvgIpc) is 2.33. The lowest BCUT2D eigenvalue weighted by Crippen LogP contribution is -2.42. The molecule has 1 aromatic carbocycles. The van der Waals surface area contributed by atoms with Crippen molar-refractivity contribution < 1.29 is 18.3 Å². The number of aryl methyl sites for hydroxylation is 1. The van der Waals surface area contributed by atoms with E-state index >= 15 is 0 Å². The van der Waals surface area contributed by atoms with Gasteiger partial charge in [-0.1, -0.05) is 6.07 Å². The van der Waals surface area contributed by atoms with Crippen molar-refractivity contribution in [1.82, 2.24) is 4.90 Å². The summed E-state index contributed by atoms with van der Waals surface area (Å²) in [5, 5.41) is 9.52. The Kier molecular flexibility index (Phi) is 4.28. The molecule has 0 aromatic heterocycles. The van der Waals surface area contributed by atoms with Crippen LogP contribution in [0.2, 0.25) is 0 Å². The van der Waals surface area contributed by atoms with Crippen molar-refractivity contribution in [2.75, 3.05) is 6.54 Å². The highest BCUT2D eigenvalue weighted by Gasteiger charge is 2.37. The molecule has 1 atom stereocenters. The Balaban J connectivity index is 2.32. The van der Waals surface area contributed by atoms with Crippen LogP contribution in [-0.2, 0) is 6.42 Å². The fourth-order valence-electron chi connectivity index (χ4n) is 2.98. The summed E-state index contributed by atoms with van der Waals surface area (Å²) < 4.78 is 38.3. The molecule has 2 rings (SSSR count). The zero-order chi connectivity index (χ0) is 14.9. The smallest absolute Gasteiger partial charge is 0.401 e. The lowest BCUT2D eigenvalue weighted by Gasteiger charge is -2.38. The van der Waals surface area contributed by atoms with Crippen LogP contribution >= 0.6 is 0 Å². The second-order valence-corrected chi connectivity index (χ2v) is 5.67. The number of hydrogen-bond acceptors (Lipinski definition) is 2. The third-order valence-electron chi connectivity index (χ3n) is 3.83. The molecule has 0 bridgehead atoms. The first-order chi connectivity index (χ1) is 9.28. The first-order valence-electron chi connectivity index (χ1n) is 6.92. The second-order valence-electron chi connectivity index (χ2n) is 5.67. The number of hydrogen-bond donors (Lipinski definition) is 1. The minimum Gasteiger partial charge on any atom is -0.508 e. The fourth-order valence-corrected chi connectivity index (χ4v) is 2.98. The lowest BCUT2D eigenvalue weighted by atomic mass is 9.86. The molecule has 1 N–H and O–H groups in total. The molecule has 0 saturated heterocycles. The van der Waals surface area contributed by atoms with Crippen molar-refractivity contribution in [3.63, 3.8) is 0 Å². The Hall–Kier alpha value is -1.23. The van der Waals surface area contributed by atoms with E-state index in [1.807, 2.05) is 0 Å². The van der Waals surface area contributed by atoms with Crippen molar-refractivity contribution >= 4 is 0 Å². The summed E-state index contributed by atoms with van der Waals surface area (Å²) >= 11 is 0. The van der Waals surface area contributed by atoms with Gasteiger partial charge in [0.05, 0.1) is 6.54 Å². The number of phenols is 1. The number of phenolic OH excluding ortho intramolecular Hbond substituents is 1. The van der Waals surface area contributed by atoms with Crippen LogP contribution in [0.3, 0.4) is 0 Å². The Bertz CT molecular complexity index is 471. The molecular weight excluding hydrogens is 267 g/mol. The molecule has 0 saturated carbocycles. The third-order valence-corrected chi connectivity index (χ3v) is 3.83. The van der Waals surface area contributed by atoms with E-state index in [-0.39, 0.29) is 17.8 Å². The molecule has 20 heavy (non-hydrogen) atoms. The summed E-state index contributed by atoms with van der Waals surface area (Å²) in [4.78, 5) is 1.51. The van der Waals surface area contributed by atoms with Crippen molar-refractivity contribution in [3.8, 4) is 5.75 Å². The number of nitrogens with zero attached hydrogens (tertiary/aromatic N) is 1. The Labute approximate surface area is 117 Å². The van der Waals surface area contributed by atoms with Crippen LogP contribution in [0.15, 0.2) is 18.2 Å². The molecule has 0 fully saturated rings. The van der Waals surface area contributed by atoms with Crippen molar-refractivity contribution in [2.45, 2.75) is 51.4 Å². The molecule has 1 aromatic rings. The van der Waals surface area contributed by atoms with Crippen LogP contribution in [0.25, 0.3) is 0 Å². The van der Waals surface area contributed by atoms with Gasteiger partial charge in [0.25, 0.3) is 0 Å². The van der Waals surface area contributed by atoms with Crippen LogP contribution in [0.4, 0.5) is 13.2 Å².